The molecule has 0 aromatic rings. The molecule has 3 nitrogen and oxygen atoms in total. The van der Waals surface area contributed by atoms with Crippen LogP contribution in [0, 0.1) is 0 Å². The van der Waals surface area contributed by atoms with E-state index in [1.165, 1.54) is 38.9 Å². The lowest BCUT2D eigenvalue weighted by Gasteiger charge is -2.50. The first-order chi connectivity index (χ1) is 8.08. The van der Waals surface area contributed by atoms with Crippen LogP contribution in [0.15, 0.2) is 0 Å². The smallest absolute Gasteiger partial charge is 0.0641 e. The van der Waals surface area contributed by atoms with Gasteiger partial charge in [-0.05, 0) is 39.7 Å². The SMILES string of the molecule is CCC1CN2CCCC2CN1C(C)(C)COC. The molecule has 0 spiro atoms. The van der Waals surface area contributed by atoms with E-state index in [4.69, 9.17) is 4.74 Å². The number of hydrogen-bond donors (Lipinski definition) is 0. The molecule has 2 unspecified atom stereocenters. The maximum absolute atomic E-state index is 5.41. The van der Waals surface area contributed by atoms with E-state index >= 15 is 0 Å². The van der Waals surface area contributed by atoms with Gasteiger partial charge < -0.3 is 4.74 Å². The molecule has 2 fully saturated rings. The minimum Gasteiger partial charge on any atom is -0.383 e. The molecule has 0 aromatic heterocycles. The fourth-order valence-corrected chi connectivity index (χ4v) is 3.61. The molecule has 0 radical (unpaired) electrons. The Morgan fingerprint density at radius 1 is 1.29 bits per heavy atom. The highest BCUT2D eigenvalue weighted by Crippen LogP contribution is 2.30. The van der Waals surface area contributed by atoms with Gasteiger partial charge in [0.1, 0.15) is 0 Å². The number of hydrogen-bond acceptors (Lipinski definition) is 3. The Morgan fingerprint density at radius 3 is 2.71 bits per heavy atom. The maximum Gasteiger partial charge on any atom is 0.0641 e. The second kappa shape index (κ2) is 5.25. The maximum atomic E-state index is 5.41. The summed E-state index contributed by atoms with van der Waals surface area (Å²) in [5.41, 5.74) is 0.171. The zero-order valence-corrected chi connectivity index (χ0v) is 11.9. The fraction of sp³-hybridized carbons (Fsp3) is 1.00. The van der Waals surface area contributed by atoms with Crippen molar-refractivity contribution in [3.63, 3.8) is 0 Å². The summed E-state index contributed by atoms with van der Waals surface area (Å²) in [6.07, 6.45) is 4.02. The molecule has 0 bridgehead atoms. The van der Waals surface area contributed by atoms with Crippen LogP contribution in [0.25, 0.3) is 0 Å². The van der Waals surface area contributed by atoms with Crippen LogP contribution in [0.3, 0.4) is 0 Å². The van der Waals surface area contributed by atoms with E-state index in [2.05, 4.69) is 30.6 Å². The van der Waals surface area contributed by atoms with Crippen LogP contribution >= 0.6 is 0 Å². The van der Waals surface area contributed by atoms with E-state index in [1.54, 1.807) is 0 Å². The summed E-state index contributed by atoms with van der Waals surface area (Å²) in [5.74, 6) is 0. The van der Waals surface area contributed by atoms with Gasteiger partial charge in [0.2, 0.25) is 0 Å². The summed E-state index contributed by atoms with van der Waals surface area (Å²) >= 11 is 0. The number of methoxy groups -OCH3 is 1. The third-order valence-corrected chi connectivity index (χ3v) is 4.54. The van der Waals surface area contributed by atoms with Crippen LogP contribution in [0.1, 0.15) is 40.0 Å². The van der Waals surface area contributed by atoms with Crippen molar-refractivity contribution in [3.05, 3.63) is 0 Å². The molecule has 2 rings (SSSR count). The van der Waals surface area contributed by atoms with E-state index in [9.17, 15) is 0 Å². The lowest BCUT2D eigenvalue weighted by atomic mass is 9.95. The van der Waals surface area contributed by atoms with Crippen molar-refractivity contribution in [1.82, 2.24) is 9.80 Å². The second-order valence-electron chi connectivity index (χ2n) is 6.25. The van der Waals surface area contributed by atoms with Gasteiger partial charge in [-0.2, -0.15) is 0 Å². The first-order valence-electron chi connectivity index (χ1n) is 7.08. The van der Waals surface area contributed by atoms with Gasteiger partial charge in [-0.3, -0.25) is 9.80 Å². The first-order valence-corrected chi connectivity index (χ1v) is 7.08. The van der Waals surface area contributed by atoms with Crippen molar-refractivity contribution in [2.24, 2.45) is 0 Å². The highest BCUT2D eigenvalue weighted by Gasteiger charge is 2.41. The summed E-state index contributed by atoms with van der Waals surface area (Å²) in [5, 5.41) is 0. The van der Waals surface area contributed by atoms with Gasteiger partial charge in [0.05, 0.1) is 6.61 Å². The summed E-state index contributed by atoms with van der Waals surface area (Å²) < 4.78 is 5.41. The summed E-state index contributed by atoms with van der Waals surface area (Å²) in [4.78, 5) is 5.40. The van der Waals surface area contributed by atoms with E-state index in [0.29, 0.717) is 6.04 Å². The van der Waals surface area contributed by atoms with Gasteiger partial charge in [0.15, 0.2) is 0 Å². The Labute approximate surface area is 106 Å². The number of piperazine rings is 1. The number of nitrogens with zero attached hydrogens (tertiary/aromatic N) is 2. The van der Waals surface area contributed by atoms with Crippen molar-refractivity contribution in [2.45, 2.75) is 57.7 Å². The highest BCUT2D eigenvalue weighted by atomic mass is 16.5. The molecule has 2 atom stereocenters. The Bertz CT molecular complexity index is 255. The Kier molecular flexibility index (Phi) is 4.11. The summed E-state index contributed by atoms with van der Waals surface area (Å²) in [6, 6.07) is 1.50. The quantitative estimate of drug-likeness (QED) is 0.747. The number of fused-ring (bicyclic) bond motifs is 1. The third-order valence-electron chi connectivity index (χ3n) is 4.54. The molecule has 0 N–H and O–H groups in total. The molecule has 100 valence electrons. The van der Waals surface area contributed by atoms with Crippen LogP contribution in [-0.2, 0) is 4.74 Å². The van der Waals surface area contributed by atoms with Gasteiger partial charge in [0.25, 0.3) is 0 Å². The van der Waals surface area contributed by atoms with Crippen molar-refractivity contribution >= 4 is 0 Å². The molecule has 17 heavy (non-hydrogen) atoms. The molecule has 0 aliphatic carbocycles. The van der Waals surface area contributed by atoms with E-state index in [-0.39, 0.29) is 5.54 Å². The summed E-state index contributed by atoms with van der Waals surface area (Å²) in [6.45, 7) is 11.6. The minimum atomic E-state index is 0.171. The first kappa shape index (κ1) is 13.3. The monoisotopic (exact) mass is 240 g/mol. The third kappa shape index (κ3) is 2.67. The predicted molar refractivity (Wildman–Crippen MR) is 71.3 cm³/mol. The van der Waals surface area contributed by atoms with Crippen molar-refractivity contribution in [3.8, 4) is 0 Å². The number of rotatable bonds is 4. The van der Waals surface area contributed by atoms with E-state index < -0.39 is 0 Å². The molecular formula is C14H28N2O. The molecule has 3 heteroatoms. The molecule has 2 saturated heterocycles. The lowest BCUT2D eigenvalue weighted by molar-refractivity contribution is -0.0472. The Morgan fingerprint density at radius 2 is 2.06 bits per heavy atom. The molecule has 2 heterocycles. The molecule has 0 amide bonds. The lowest BCUT2D eigenvalue weighted by Crippen LogP contribution is -2.63. The molecule has 0 saturated carbocycles. The van der Waals surface area contributed by atoms with Gasteiger partial charge >= 0.3 is 0 Å². The average Bonchev–Trinajstić information content (AvgIpc) is 2.74. The van der Waals surface area contributed by atoms with Crippen LogP contribution in [0.5, 0.6) is 0 Å². The largest absolute Gasteiger partial charge is 0.383 e. The Balaban J connectivity index is 2.08. The number of ether oxygens (including phenoxy) is 1. The molecular weight excluding hydrogens is 212 g/mol. The highest BCUT2D eigenvalue weighted by molar-refractivity contribution is 4.97. The standard InChI is InChI=1S/C14H28N2O/c1-5-12-9-15-8-6-7-13(15)10-16(12)14(2,3)11-17-4/h12-13H,5-11H2,1-4H3. The van der Waals surface area contributed by atoms with Crippen LogP contribution in [-0.4, -0.2) is 60.8 Å². The minimum absolute atomic E-state index is 0.171. The van der Waals surface area contributed by atoms with Gasteiger partial charge in [-0.1, -0.05) is 6.92 Å². The van der Waals surface area contributed by atoms with Crippen LogP contribution in [0.4, 0.5) is 0 Å². The Hall–Kier alpha value is -0.120. The van der Waals surface area contributed by atoms with Crippen molar-refractivity contribution < 1.29 is 4.74 Å². The second-order valence-corrected chi connectivity index (χ2v) is 6.25. The van der Waals surface area contributed by atoms with E-state index in [1.807, 2.05) is 7.11 Å². The normalized spacial score (nSPS) is 31.8. The fourth-order valence-electron chi connectivity index (χ4n) is 3.61. The van der Waals surface area contributed by atoms with Gasteiger partial charge in [0, 0.05) is 37.8 Å². The predicted octanol–water partition coefficient (Wildman–Crippen LogP) is 1.97. The molecule has 2 aliphatic heterocycles. The molecule has 0 aromatic carbocycles. The average molecular weight is 240 g/mol. The zero-order chi connectivity index (χ0) is 12.5. The van der Waals surface area contributed by atoms with E-state index in [0.717, 1.165) is 12.6 Å². The van der Waals surface area contributed by atoms with Crippen LogP contribution < -0.4 is 0 Å². The zero-order valence-electron chi connectivity index (χ0n) is 11.9. The van der Waals surface area contributed by atoms with Crippen LogP contribution in [0.2, 0.25) is 0 Å². The van der Waals surface area contributed by atoms with Crippen molar-refractivity contribution in [2.75, 3.05) is 33.4 Å². The topological polar surface area (TPSA) is 15.7 Å². The summed E-state index contributed by atoms with van der Waals surface area (Å²) in [7, 11) is 1.81. The van der Waals surface area contributed by atoms with Crippen molar-refractivity contribution in [1.29, 1.82) is 0 Å². The van der Waals surface area contributed by atoms with Gasteiger partial charge in [-0.15, -0.1) is 0 Å². The van der Waals surface area contributed by atoms with Gasteiger partial charge in [-0.25, -0.2) is 0 Å². The molecule has 2 aliphatic rings.